The van der Waals surface area contributed by atoms with Gasteiger partial charge in [-0.2, -0.15) is 0 Å². The van der Waals surface area contributed by atoms with Crippen LogP contribution in [0.15, 0.2) is 22.9 Å². The number of carbonyl (C=O) groups is 2. The molecular weight excluding hydrogens is 316 g/mol. The molecule has 0 atom stereocenters. The molecule has 0 radical (unpaired) electrons. The van der Waals surface area contributed by atoms with Gasteiger partial charge in [-0.25, -0.2) is 9.78 Å². The molecule has 0 aliphatic carbocycles. The van der Waals surface area contributed by atoms with E-state index in [9.17, 15) is 9.59 Å². The summed E-state index contributed by atoms with van der Waals surface area (Å²) in [7, 11) is 0. The summed E-state index contributed by atoms with van der Waals surface area (Å²) >= 11 is 3.38. The minimum atomic E-state index is -1.08. The predicted molar refractivity (Wildman–Crippen MR) is 70.4 cm³/mol. The SMILES string of the molecule is O=C(O)CCCc1cn2cc(C(=O)O)nc2cc1Br. The summed E-state index contributed by atoms with van der Waals surface area (Å²) in [5, 5.41) is 17.5. The maximum absolute atomic E-state index is 10.8. The number of fused-ring (bicyclic) bond motifs is 1. The molecule has 7 heteroatoms. The Morgan fingerprint density at radius 3 is 2.68 bits per heavy atom. The fourth-order valence-corrected chi connectivity index (χ4v) is 2.28. The molecule has 0 aromatic carbocycles. The molecule has 0 aliphatic rings. The summed E-state index contributed by atoms with van der Waals surface area (Å²) in [6, 6.07) is 1.72. The Balaban J connectivity index is 2.27. The fourth-order valence-electron chi connectivity index (χ4n) is 1.77. The molecule has 0 amide bonds. The van der Waals surface area contributed by atoms with Crippen LogP contribution in [0.2, 0.25) is 0 Å². The number of pyridine rings is 1. The second kappa shape index (κ2) is 5.40. The topological polar surface area (TPSA) is 91.9 Å². The number of imidazole rings is 1. The first-order valence-corrected chi connectivity index (χ1v) is 6.39. The molecule has 0 saturated heterocycles. The van der Waals surface area contributed by atoms with Crippen LogP contribution in [0.3, 0.4) is 0 Å². The van der Waals surface area contributed by atoms with E-state index in [1.54, 1.807) is 16.7 Å². The van der Waals surface area contributed by atoms with Crippen molar-refractivity contribution >= 4 is 33.5 Å². The first-order chi connectivity index (χ1) is 8.97. The van der Waals surface area contributed by atoms with E-state index in [2.05, 4.69) is 20.9 Å². The number of aliphatic carboxylic acids is 1. The molecule has 2 rings (SSSR count). The lowest BCUT2D eigenvalue weighted by Crippen LogP contribution is -1.97. The molecule has 0 spiro atoms. The number of halogens is 1. The van der Waals surface area contributed by atoms with E-state index in [0.29, 0.717) is 18.5 Å². The Morgan fingerprint density at radius 2 is 2.05 bits per heavy atom. The molecule has 0 fully saturated rings. The molecule has 19 heavy (non-hydrogen) atoms. The van der Waals surface area contributed by atoms with E-state index < -0.39 is 11.9 Å². The zero-order valence-electron chi connectivity index (χ0n) is 9.84. The number of aromatic carboxylic acids is 1. The average molecular weight is 327 g/mol. The van der Waals surface area contributed by atoms with E-state index in [1.807, 2.05) is 0 Å². The van der Waals surface area contributed by atoms with Gasteiger partial charge in [0.25, 0.3) is 0 Å². The predicted octanol–water partition coefficient (Wildman–Crippen LogP) is 2.20. The minimum absolute atomic E-state index is 0.0189. The molecule has 2 heterocycles. The van der Waals surface area contributed by atoms with Gasteiger partial charge in [0, 0.05) is 23.3 Å². The Labute approximate surface area is 116 Å². The van der Waals surface area contributed by atoms with Crippen LogP contribution in [0, 0.1) is 0 Å². The molecule has 0 bridgehead atoms. The first kappa shape index (κ1) is 13.5. The van der Waals surface area contributed by atoms with Crippen LogP contribution >= 0.6 is 15.9 Å². The van der Waals surface area contributed by atoms with Crippen LogP contribution in [0.5, 0.6) is 0 Å². The van der Waals surface area contributed by atoms with Crippen molar-refractivity contribution in [2.75, 3.05) is 0 Å². The van der Waals surface area contributed by atoms with Crippen LogP contribution in [0.25, 0.3) is 5.65 Å². The molecule has 100 valence electrons. The Bertz CT molecular complexity index is 650. The Kier molecular flexibility index (Phi) is 3.84. The van der Waals surface area contributed by atoms with Crippen LogP contribution in [0.4, 0.5) is 0 Å². The van der Waals surface area contributed by atoms with Crippen molar-refractivity contribution in [1.82, 2.24) is 9.38 Å². The van der Waals surface area contributed by atoms with Crippen molar-refractivity contribution in [2.24, 2.45) is 0 Å². The van der Waals surface area contributed by atoms with Crippen LogP contribution in [-0.2, 0) is 11.2 Å². The van der Waals surface area contributed by atoms with E-state index in [-0.39, 0.29) is 12.1 Å². The van der Waals surface area contributed by atoms with Crippen molar-refractivity contribution in [1.29, 1.82) is 0 Å². The van der Waals surface area contributed by atoms with Gasteiger partial charge in [-0.05, 0) is 24.5 Å². The molecule has 0 saturated carbocycles. The lowest BCUT2D eigenvalue weighted by molar-refractivity contribution is -0.137. The van der Waals surface area contributed by atoms with Gasteiger partial charge >= 0.3 is 11.9 Å². The molecular formula is C12H11BrN2O4. The van der Waals surface area contributed by atoms with E-state index in [1.165, 1.54) is 6.20 Å². The van der Waals surface area contributed by atoms with Crippen LogP contribution in [0.1, 0.15) is 28.9 Å². The van der Waals surface area contributed by atoms with Crippen LogP contribution < -0.4 is 0 Å². The van der Waals surface area contributed by atoms with E-state index >= 15 is 0 Å². The van der Waals surface area contributed by atoms with Gasteiger partial charge in [-0.3, -0.25) is 4.79 Å². The molecule has 2 aromatic heterocycles. The van der Waals surface area contributed by atoms with Gasteiger partial charge in [0.15, 0.2) is 5.69 Å². The molecule has 6 nitrogen and oxygen atoms in total. The van der Waals surface area contributed by atoms with Crippen molar-refractivity contribution in [3.63, 3.8) is 0 Å². The van der Waals surface area contributed by atoms with Crippen molar-refractivity contribution in [3.05, 3.63) is 34.2 Å². The number of rotatable bonds is 5. The number of hydrogen-bond donors (Lipinski definition) is 2. The molecule has 0 aliphatic heterocycles. The third-order valence-corrected chi connectivity index (χ3v) is 3.41. The average Bonchev–Trinajstić information content (AvgIpc) is 2.71. The van der Waals surface area contributed by atoms with Gasteiger partial charge < -0.3 is 14.6 Å². The molecule has 2 aromatic rings. The second-order valence-corrected chi connectivity index (χ2v) is 4.95. The maximum Gasteiger partial charge on any atom is 0.356 e. The number of aromatic nitrogens is 2. The number of carboxylic acid groups (broad SMARTS) is 2. The smallest absolute Gasteiger partial charge is 0.356 e. The molecule has 2 N–H and O–H groups in total. The standard InChI is InChI=1S/C12H11BrN2O4/c13-8-4-10-14-9(12(18)19)6-15(10)5-7(8)2-1-3-11(16)17/h4-6H,1-3H2,(H,16,17)(H,18,19). The van der Waals surface area contributed by atoms with Gasteiger partial charge in [0.2, 0.25) is 0 Å². The first-order valence-electron chi connectivity index (χ1n) is 5.59. The van der Waals surface area contributed by atoms with Gasteiger partial charge in [-0.1, -0.05) is 15.9 Å². The van der Waals surface area contributed by atoms with E-state index in [4.69, 9.17) is 10.2 Å². The van der Waals surface area contributed by atoms with Crippen molar-refractivity contribution in [3.8, 4) is 0 Å². The normalized spacial score (nSPS) is 10.8. The second-order valence-electron chi connectivity index (χ2n) is 4.09. The number of hydrogen-bond acceptors (Lipinski definition) is 3. The van der Waals surface area contributed by atoms with Crippen molar-refractivity contribution < 1.29 is 19.8 Å². The summed E-state index contributed by atoms with van der Waals surface area (Å²) in [5.41, 5.74) is 1.43. The highest BCUT2D eigenvalue weighted by molar-refractivity contribution is 9.10. The number of carboxylic acids is 2. The van der Waals surface area contributed by atoms with Gasteiger partial charge in [0.1, 0.15) is 5.65 Å². The zero-order chi connectivity index (χ0) is 14.0. The highest BCUT2D eigenvalue weighted by Crippen LogP contribution is 2.21. The lowest BCUT2D eigenvalue weighted by atomic mass is 10.1. The number of nitrogens with zero attached hydrogens (tertiary/aromatic N) is 2. The highest BCUT2D eigenvalue weighted by Gasteiger charge is 2.11. The third kappa shape index (κ3) is 3.11. The summed E-state index contributed by atoms with van der Waals surface area (Å²) in [4.78, 5) is 25.3. The summed E-state index contributed by atoms with van der Waals surface area (Å²) in [5.74, 6) is -1.90. The summed E-state index contributed by atoms with van der Waals surface area (Å²) < 4.78 is 2.43. The highest BCUT2D eigenvalue weighted by atomic mass is 79.9. The quantitative estimate of drug-likeness (QED) is 0.878. The number of aryl methyl sites for hydroxylation is 1. The Hall–Kier alpha value is -1.89. The van der Waals surface area contributed by atoms with Gasteiger partial charge in [-0.15, -0.1) is 0 Å². The summed E-state index contributed by atoms with van der Waals surface area (Å²) in [6.07, 6.45) is 4.43. The minimum Gasteiger partial charge on any atom is -0.481 e. The monoisotopic (exact) mass is 326 g/mol. The summed E-state index contributed by atoms with van der Waals surface area (Å²) in [6.45, 7) is 0. The molecule has 0 unspecified atom stereocenters. The maximum atomic E-state index is 10.8. The van der Waals surface area contributed by atoms with Crippen LogP contribution in [-0.4, -0.2) is 31.5 Å². The Morgan fingerprint density at radius 1 is 1.32 bits per heavy atom. The lowest BCUT2D eigenvalue weighted by Gasteiger charge is -2.04. The van der Waals surface area contributed by atoms with Gasteiger partial charge in [0.05, 0.1) is 0 Å². The third-order valence-electron chi connectivity index (χ3n) is 2.67. The van der Waals surface area contributed by atoms with E-state index in [0.717, 1.165) is 10.0 Å². The zero-order valence-corrected chi connectivity index (χ0v) is 11.4. The van der Waals surface area contributed by atoms with Crippen molar-refractivity contribution in [2.45, 2.75) is 19.3 Å². The largest absolute Gasteiger partial charge is 0.481 e. The fraction of sp³-hybridized carbons (Fsp3) is 0.250.